The minimum Gasteiger partial charge on any atom is -0.335 e. The van der Waals surface area contributed by atoms with Crippen LogP contribution in [0.1, 0.15) is 26.4 Å². The number of H-pyrrole nitrogens is 1. The van der Waals surface area contributed by atoms with Gasteiger partial charge in [0, 0.05) is 37.1 Å². The molecule has 1 aliphatic heterocycles. The number of para-hydroxylation sites is 1. The van der Waals surface area contributed by atoms with E-state index in [1.165, 1.54) is 0 Å². The molecule has 1 N–H and O–H groups in total. The Hall–Kier alpha value is -3.15. The molecule has 4 rings (SSSR count). The second kappa shape index (κ2) is 6.63. The van der Waals surface area contributed by atoms with Crippen molar-refractivity contribution in [2.24, 2.45) is 0 Å². The maximum absolute atomic E-state index is 12.8. The van der Waals surface area contributed by atoms with E-state index in [0.29, 0.717) is 37.4 Å². The van der Waals surface area contributed by atoms with Crippen molar-refractivity contribution in [3.63, 3.8) is 0 Å². The molecule has 0 radical (unpaired) electrons. The summed E-state index contributed by atoms with van der Waals surface area (Å²) in [5, 5.41) is 7.91. The first kappa shape index (κ1) is 16.3. The predicted octanol–water partition coefficient (Wildman–Crippen LogP) is 2.47. The first-order valence-electron chi connectivity index (χ1n) is 8.72. The van der Waals surface area contributed by atoms with Crippen molar-refractivity contribution in [3.8, 4) is 0 Å². The van der Waals surface area contributed by atoms with Gasteiger partial charge in [-0.15, -0.1) is 0 Å². The summed E-state index contributed by atoms with van der Waals surface area (Å²) in [7, 11) is 0. The number of benzene rings is 2. The van der Waals surface area contributed by atoms with Crippen LogP contribution in [0, 0.1) is 6.92 Å². The van der Waals surface area contributed by atoms with Crippen LogP contribution in [0.15, 0.2) is 48.5 Å². The van der Waals surface area contributed by atoms with E-state index in [1.807, 2.05) is 55.5 Å². The number of piperazine rings is 1. The molecule has 1 saturated heterocycles. The molecule has 0 aliphatic carbocycles. The number of fused-ring (bicyclic) bond motifs is 1. The zero-order chi connectivity index (χ0) is 18.1. The van der Waals surface area contributed by atoms with Gasteiger partial charge in [0.05, 0.1) is 5.52 Å². The second-order valence-electron chi connectivity index (χ2n) is 6.57. The summed E-state index contributed by atoms with van der Waals surface area (Å²) in [4.78, 5) is 29.0. The highest BCUT2D eigenvalue weighted by Crippen LogP contribution is 2.18. The van der Waals surface area contributed by atoms with E-state index in [1.54, 1.807) is 9.80 Å². The van der Waals surface area contributed by atoms with Gasteiger partial charge in [0.15, 0.2) is 5.69 Å². The molecule has 0 atom stereocenters. The van der Waals surface area contributed by atoms with Crippen molar-refractivity contribution in [1.82, 2.24) is 20.0 Å². The van der Waals surface area contributed by atoms with Crippen LogP contribution in [0.3, 0.4) is 0 Å². The normalized spacial score (nSPS) is 14.7. The van der Waals surface area contributed by atoms with Crippen molar-refractivity contribution >= 4 is 22.7 Å². The molecule has 2 aromatic carbocycles. The Morgan fingerprint density at radius 1 is 0.885 bits per heavy atom. The lowest BCUT2D eigenvalue weighted by Crippen LogP contribution is -2.50. The van der Waals surface area contributed by atoms with E-state index in [4.69, 9.17) is 0 Å². The standard InChI is InChI=1S/C20H20N4O2/c1-14-6-8-15(9-7-14)19(25)23-10-12-24(13-11-23)20(26)18-16-4-2-3-5-17(16)21-22-18/h2-9H,10-13H2,1H3,(H,21,22). The van der Waals surface area contributed by atoms with Crippen LogP contribution < -0.4 is 0 Å². The monoisotopic (exact) mass is 348 g/mol. The Bertz CT molecular complexity index is 953. The third-order valence-corrected chi connectivity index (χ3v) is 4.83. The zero-order valence-corrected chi connectivity index (χ0v) is 14.6. The lowest BCUT2D eigenvalue weighted by molar-refractivity contribution is 0.0533. The number of hydrogen-bond donors (Lipinski definition) is 1. The molecule has 132 valence electrons. The number of aryl methyl sites for hydroxylation is 1. The molecule has 0 bridgehead atoms. The largest absolute Gasteiger partial charge is 0.335 e. The van der Waals surface area contributed by atoms with Crippen LogP contribution in [0.5, 0.6) is 0 Å². The summed E-state index contributed by atoms with van der Waals surface area (Å²) in [5.41, 5.74) is 3.11. The number of rotatable bonds is 2. The Labute approximate surface area is 151 Å². The molecule has 0 saturated carbocycles. The van der Waals surface area contributed by atoms with Gasteiger partial charge >= 0.3 is 0 Å². The number of carbonyl (C=O) groups is 2. The molecule has 3 aromatic rings. The first-order chi connectivity index (χ1) is 12.6. The number of aromatic nitrogens is 2. The zero-order valence-electron chi connectivity index (χ0n) is 14.6. The van der Waals surface area contributed by atoms with E-state index in [9.17, 15) is 9.59 Å². The van der Waals surface area contributed by atoms with E-state index in [-0.39, 0.29) is 11.8 Å². The Morgan fingerprint density at radius 2 is 1.50 bits per heavy atom. The van der Waals surface area contributed by atoms with Crippen molar-refractivity contribution in [3.05, 3.63) is 65.4 Å². The predicted molar refractivity (Wildman–Crippen MR) is 99.1 cm³/mol. The van der Waals surface area contributed by atoms with Crippen molar-refractivity contribution in [2.75, 3.05) is 26.2 Å². The highest BCUT2D eigenvalue weighted by Gasteiger charge is 2.27. The average Bonchev–Trinajstić information content (AvgIpc) is 3.12. The Balaban J connectivity index is 1.44. The summed E-state index contributed by atoms with van der Waals surface area (Å²) < 4.78 is 0. The molecule has 6 nitrogen and oxygen atoms in total. The fraction of sp³-hybridized carbons (Fsp3) is 0.250. The van der Waals surface area contributed by atoms with E-state index < -0.39 is 0 Å². The molecule has 26 heavy (non-hydrogen) atoms. The van der Waals surface area contributed by atoms with Crippen LogP contribution in [0.2, 0.25) is 0 Å². The van der Waals surface area contributed by atoms with Crippen LogP contribution in [0.25, 0.3) is 10.9 Å². The van der Waals surface area contributed by atoms with E-state index in [2.05, 4.69) is 10.2 Å². The van der Waals surface area contributed by atoms with Gasteiger partial charge in [-0.1, -0.05) is 35.9 Å². The first-order valence-corrected chi connectivity index (χ1v) is 8.72. The number of amides is 2. The maximum Gasteiger partial charge on any atom is 0.275 e. The van der Waals surface area contributed by atoms with Crippen molar-refractivity contribution < 1.29 is 9.59 Å². The minimum absolute atomic E-state index is 0.0160. The van der Waals surface area contributed by atoms with Gasteiger partial charge in [-0.3, -0.25) is 14.7 Å². The average molecular weight is 348 g/mol. The molecule has 0 unspecified atom stereocenters. The van der Waals surface area contributed by atoms with Gasteiger partial charge in [-0.05, 0) is 25.1 Å². The summed E-state index contributed by atoms with van der Waals surface area (Å²) in [6.45, 7) is 4.08. The van der Waals surface area contributed by atoms with Gasteiger partial charge in [-0.25, -0.2) is 0 Å². The van der Waals surface area contributed by atoms with Crippen LogP contribution >= 0.6 is 0 Å². The fourth-order valence-corrected chi connectivity index (χ4v) is 3.27. The SMILES string of the molecule is Cc1ccc(C(=O)N2CCN(C(=O)c3n[nH]c4ccccc34)CC2)cc1. The fourth-order valence-electron chi connectivity index (χ4n) is 3.27. The third kappa shape index (κ3) is 2.94. The van der Waals surface area contributed by atoms with Gasteiger partial charge in [-0.2, -0.15) is 5.10 Å². The molecule has 6 heteroatoms. The van der Waals surface area contributed by atoms with Crippen LogP contribution in [0.4, 0.5) is 0 Å². The molecular formula is C20H20N4O2. The van der Waals surface area contributed by atoms with Gasteiger partial charge < -0.3 is 9.80 Å². The van der Waals surface area contributed by atoms with E-state index >= 15 is 0 Å². The number of hydrogen-bond acceptors (Lipinski definition) is 3. The molecule has 1 aromatic heterocycles. The van der Waals surface area contributed by atoms with Gasteiger partial charge in [0.25, 0.3) is 11.8 Å². The third-order valence-electron chi connectivity index (χ3n) is 4.83. The Morgan fingerprint density at radius 3 is 2.19 bits per heavy atom. The van der Waals surface area contributed by atoms with Gasteiger partial charge in [0.2, 0.25) is 0 Å². The summed E-state index contributed by atoms with van der Waals surface area (Å²) in [6.07, 6.45) is 0. The van der Waals surface area contributed by atoms with Gasteiger partial charge in [0.1, 0.15) is 0 Å². The highest BCUT2D eigenvalue weighted by molar-refractivity contribution is 6.04. The second-order valence-corrected chi connectivity index (χ2v) is 6.57. The molecule has 1 fully saturated rings. The lowest BCUT2D eigenvalue weighted by atomic mass is 10.1. The lowest BCUT2D eigenvalue weighted by Gasteiger charge is -2.34. The minimum atomic E-state index is -0.0927. The molecule has 2 amide bonds. The number of aromatic amines is 1. The van der Waals surface area contributed by atoms with Crippen molar-refractivity contribution in [2.45, 2.75) is 6.92 Å². The maximum atomic E-state index is 12.8. The molecule has 1 aliphatic rings. The molecular weight excluding hydrogens is 328 g/mol. The number of nitrogens with zero attached hydrogens (tertiary/aromatic N) is 3. The summed E-state index contributed by atoms with van der Waals surface area (Å²) in [5.74, 6) is -0.0767. The summed E-state index contributed by atoms with van der Waals surface area (Å²) in [6, 6.07) is 15.2. The topological polar surface area (TPSA) is 69.3 Å². The summed E-state index contributed by atoms with van der Waals surface area (Å²) >= 11 is 0. The highest BCUT2D eigenvalue weighted by atomic mass is 16.2. The van der Waals surface area contributed by atoms with Crippen molar-refractivity contribution in [1.29, 1.82) is 0 Å². The number of carbonyl (C=O) groups excluding carboxylic acids is 2. The molecule has 0 spiro atoms. The van der Waals surface area contributed by atoms with E-state index in [0.717, 1.165) is 16.5 Å². The van der Waals surface area contributed by atoms with Crippen LogP contribution in [-0.4, -0.2) is 58.0 Å². The quantitative estimate of drug-likeness (QED) is 0.773. The smallest absolute Gasteiger partial charge is 0.275 e. The number of nitrogens with one attached hydrogen (secondary N) is 1. The molecule has 2 heterocycles. The Kier molecular flexibility index (Phi) is 4.16. The van der Waals surface area contributed by atoms with Crippen LogP contribution in [-0.2, 0) is 0 Å².